The molecule has 4 N–H and O–H groups in total. The zero-order chi connectivity index (χ0) is 12.0. The van der Waals surface area contributed by atoms with E-state index in [1.54, 1.807) is 0 Å². The Hall–Kier alpha value is -1.63. The largest absolute Gasteiger partial charge is 0.481 e. The van der Waals surface area contributed by atoms with Gasteiger partial charge in [-0.3, -0.25) is 14.4 Å². The van der Waals surface area contributed by atoms with Gasteiger partial charge in [-0.25, -0.2) is 0 Å². The zero-order valence-corrected chi connectivity index (χ0v) is 8.17. The third-order valence-corrected chi connectivity index (χ3v) is 1.65. The molecule has 0 saturated carbocycles. The second kappa shape index (κ2) is 5.97. The second-order valence-corrected chi connectivity index (χ2v) is 2.95. The molecule has 0 heterocycles. The first-order chi connectivity index (χ1) is 6.84. The number of carboxylic acid groups (broad SMARTS) is 2. The quantitative estimate of drug-likeness (QED) is 0.498. The van der Waals surface area contributed by atoms with Crippen LogP contribution in [0.4, 0.5) is 0 Å². The van der Waals surface area contributed by atoms with Gasteiger partial charge in [0, 0.05) is 0 Å². The number of carboxylic acids is 2. The molecule has 0 aromatic carbocycles. The molecule has 0 aromatic rings. The van der Waals surface area contributed by atoms with Gasteiger partial charge in [0.25, 0.3) is 0 Å². The van der Waals surface area contributed by atoms with Crippen LogP contribution in [0.1, 0.15) is 19.8 Å². The average molecular weight is 219 g/mol. The van der Waals surface area contributed by atoms with Crippen molar-refractivity contribution < 1.29 is 29.3 Å². The van der Waals surface area contributed by atoms with E-state index in [2.05, 4.69) is 4.74 Å². The average Bonchev–Trinajstić information content (AvgIpc) is 2.13. The Morgan fingerprint density at radius 3 is 2.20 bits per heavy atom. The van der Waals surface area contributed by atoms with E-state index in [9.17, 15) is 14.4 Å². The summed E-state index contributed by atoms with van der Waals surface area (Å²) in [5.74, 6) is -3.18. The molecule has 0 rings (SSSR count). The minimum atomic E-state index is -1.31. The fraction of sp³-hybridized carbons (Fsp3) is 0.625. The number of ether oxygens (including phenoxy) is 1. The summed E-state index contributed by atoms with van der Waals surface area (Å²) in [5, 5.41) is 16.7. The van der Waals surface area contributed by atoms with E-state index in [-0.39, 0.29) is 12.8 Å². The molecule has 86 valence electrons. The SMILES string of the molecule is CC(OC(=O)CCC(=O)O)C(N)C(=O)O. The summed E-state index contributed by atoms with van der Waals surface area (Å²) in [7, 11) is 0. The van der Waals surface area contributed by atoms with Crippen molar-refractivity contribution in [1.82, 2.24) is 0 Å². The Bertz CT molecular complexity index is 264. The van der Waals surface area contributed by atoms with Crippen LogP contribution in [0.25, 0.3) is 0 Å². The van der Waals surface area contributed by atoms with Crippen molar-refractivity contribution in [3.8, 4) is 0 Å². The molecule has 0 fully saturated rings. The molecule has 0 radical (unpaired) electrons. The first-order valence-corrected chi connectivity index (χ1v) is 4.24. The van der Waals surface area contributed by atoms with Crippen LogP contribution in [0, 0.1) is 0 Å². The Morgan fingerprint density at radius 2 is 1.80 bits per heavy atom. The van der Waals surface area contributed by atoms with Crippen molar-refractivity contribution in [1.29, 1.82) is 0 Å². The lowest BCUT2D eigenvalue weighted by molar-refractivity contribution is -0.155. The number of rotatable bonds is 6. The molecule has 0 spiro atoms. The summed E-state index contributed by atoms with van der Waals surface area (Å²) >= 11 is 0. The van der Waals surface area contributed by atoms with Gasteiger partial charge in [0.1, 0.15) is 12.1 Å². The van der Waals surface area contributed by atoms with Crippen molar-refractivity contribution in [3.05, 3.63) is 0 Å². The van der Waals surface area contributed by atoms with E-state index in [1.807, 2.05) is 0 Å². The van der Waals surface area contributed by atoms with Gasteiger partial charge in [0.2, 0.25) is 0 Å². The summed E-state index contributed by atoms with van der Waals surface area (Å²) < 4.78 is 4.62. The van der Waals surface area contributed by atoms with Crippen molar-refractivity contribution in [2.75, 3.05) is 0 Å². The van der Waals surface area contributed by atoms with E-state index >= 15 is 0 Å². The summed E-state index contributed by atoms with van der Waals surface area (Å²) in [4.78, 5) is 31.4. The van der Waals surface area contributed by atoms with Gasteiger partial charge in [0.15, 0.2) is 0 Å². The van der Waals surface area contributed by atoms with Crippen LogP contribution < -0.4 is 5.73 Å². The fourth-order valence-corrected chi connectivity index (χ4v) is 0.749. The highest BCUT2D eigenvalue weighted by Gasteiger charge is 2.23. The van der Waals surface area contributed by atoms with E-state index in [1.165, 1.54) is 6.92 Å². The molecule has 0 amide bonds. The maximum absolute atomic E-state index is 11.0. The van der Waals surface area contributed by atoms with Crippen LogP contribution in [-0.2, 0) is 19.1 Å². The molecule has 0 aliphatic heterocycles. The minimum Gasteiger partial charge on any atom is -0.481 e. The number of carbonyl (C=O) groups is 3. The molecular formula is C8H13NO6. The number of carbonyl (C=O) groups excluding carboxylic acids is 1. The van der Waals surface area contributed by atoms with Gasteiger partial charge >= 0.3 is 17.9 Å². The predicted molar refractivity (Wildman–Crippen MR) is 48.0 cm³/mol. The molecule has 2 atom stereocenters. The van der Waals surface area contributed by atoms with Crippen molar-refractivity contribution >= 4 is 17.9 Å². The van der Waals surface area contributed by atoms with Gasteiger partial charge in [-0.1, -0.05) is 0 Å². The molecule has 2 unspecified atom stereocenters. The van der Waals surface area contributed by atoms with Crippen molar-refractivity contribution in [2.45, 2.75) is 31.9 Å². The van der Waals surface area contributed by atoms with Crippen LogP contribution >= 0.6 is 0 Å². The molecule has 7 nitrogen and oxygen atoms in total. The zero-order valence-electron chi connectivity index (χ0n) is 8.17. The summed E-state index contributed by atoms with van der Waals surface area (Å²) in [5.41, 5.74) is 5.17. The maximum Gasteiger partial charge on any atom is 0.324 e. The van der Waals surface area contributed by atoms with Gasteiger partial charge in [0.05, 0.1) is 12.8 Å². The van der Waals surface area contributed by atoms with Crippen LogP contribution in [-0.4, -0.2) is 40.3 Å². The van der Waals surface area contributed by atoms with Gasteiger partial charge in [-0.05, 0) is 6.92 Å². The minimum absolute atomic E-state index is 0.300. The highest BCUT2D eigenvalue weighted by atomic mass is 16.5. The van der Waals surface area contributed by atoms with E-state index in [0.29, 0.717) is 0 Å². The third kappa shape index (κ3) is 5.63. The van der Waals surface area contributed by atoms with Gasteiger partial charge in [-0.15, -0.1) is 0 Å². The Kier molecular flexibility index (Phi) is 5.32. The van der Waals surface area contributed by atoms with E-state index in [0.717, 1.165) is 0 Å². The number of aliphatic carboxylic acids is 2. The molecule has 0 aliphatic carbocycles. The number of hydrogen-bond donors (Lipinski definition) is 3. The molecule has 15 heavy (non-hydrogen) atoms. The first kappa shape index (κ1) is 13.4. The normalized spacial score (nSPS) is 14.0. The highest BCUT2D eigenvalue weighted by Crippen LogP contribution is 2.01. The standard InChI is InChI=1S/C8H13NO6/c1-4(7(9)8(13)14)15-6(12)3-2-5(10)11/h4,7H,2-3,9H2,1H3,(H,10,11)(H,13,14). The Morgan fingerprint density at radius 1 is 1.27 bits per heavy atom. The molecule has 0 aromatic heterocycles. The van der Waals surface area contributed by atoms with Crippen LogP contribution in [0.15, 0.2) is 0 Å². The third-order valence-electron chi connectivity index (χ3n) is 1.65. The molecule has 0 aliphatic rings. The molecular weight excluding hydrogens is 206 g/mol. The van der Waals surface area contributed by atoms with Crippen LogP contribution in [0.3, 0.4) is 0 Å². The van der Waals surface area contributed by atoms with Gasteiger partial charge in [-0.2, -0.15) is 0 Å². The summed E-state index contributed by atoms with van der Waals surface area (Å²) in [6, 6.07) is -1.31. The van der Waals surface area contributed by atoms with E-state index < -0.39 is 30.1 Å². The lowest BCUT2D eigenvalue weighted by atomic mass is 10.2. The number of hydrogen-bond acceptors (Lipinski definition) is 5. The fourth-order valence-electron chi connectivity index (χ4n) is 0.749. The van der Waals surface area contributed by atoms with Crippen LogP contribution in [0.2, 0.25) is 0 Å². The summed E-state index contributed by atoms with van der Waals surface area (Å²) in [6.07, 6.45) is -1.64. The van der Waals surface area contributed by atoms with Gasteiger partial charge < -0.3 is 20.7 Å². The van der Waals surface area contributed by atoms with Crippen molar-refractivity contribution in [2.24, 2.45) is 5.73 Å². The first-order valence-electron chi connectivity index (χ1n) is 4.24. The topological polar surface area (TPSA) is 127 Å². The van der Waals surface area contributed by atoms with E-state index in [4.69, 9.17) is 15.9 Å². The second-order valence-electron chi connectivity index (χ2n) is 2.95. The summed E-state index contributed by atoms with van der Waals surface area (Å²) in [6.45, 7) is 1.33. The maximum atomic E-state index is 11.0. The molecule has 0 bridgehead atoms. The predicted octanol–water partition coefficient (Wildman–Crippen LogP) is -0.805. The number of esters is 1. The highest BCUT2D eigenvalue weighted by molar-refractivity contribution is 5.78. The lowest BCUT2D eigenvalue weighted by Crippen LogP contribution is -2.42. The Balaban J connectivity index is 3.96. The molecule has 0 saturated heterocycles. The smallest absolute Gasteiger partial charge is 0.324 e. The number of nitrogens with two attached hydrogens (primary N) is 1. The molecule has 7 heteroatoms. The monoisotopic (exact) mass is 219 g/mol. The van der Waals surface area contributed by atoms with Crippen molar-refractivity contribution in [3.63, 3.8) is 0 Å². The van der Waals surface area contributed by atoms with Crippen LogP contribution in [0.5, 0.6) is 0 Å². The lowest BCUT2D eigenvalue weighted by Gasteiger charge is -2.16. The Labute approximate surface area is 85.8 Å².